The summed E-state index contributed by atoms with van der Waals surface area (Å²) >= 11 is 4.48. The van der Waals surface area contributed by atoms with Crippen LogP contribution in [0.25, 0.3) is 10.2 Å². The molecule has 0 aliphatic heterocycles. The van der Waals surface area contributed by atoms with Crippen LogP contribution in [0.5, 0.6) is 0 Å². The average Bonchev–Trinajstić information content (AvgIpc) is 3.29. The Kier molecular flexibility index (Phi) is 6.64. The zero-order chi connectivity index (χ0) is 21.1. The van der Waals surface area contributed by atoms with Gasteiger partial charge >= 0.3 is 5.97 Å². The van der Waals surface area contributed by atoms with Gasteiger partial charge in [0, 0.05) is 15.6 Å². The number of aromatic nitrogens is 3. The van der Waals surface area contributed by atoms with Crippen LogP contribution in [0.1, 0.15) is 36.4 Å². The molecule has 1 unspecified atom stereocenters. The quantitative estimate of drug-likeness (QED) is 0.321. The summed E-state index contributed by atoms with van der Waals surface area (Å²) in [4.78, 5) is 39.6. The van der Waals surface area contributed by atoms with E-state index >= 15 is 0 Å². The molecule has 0 spiro atoms. The second-order valence-corrected chi connectivity index (χ2v) is 10.1. The van der Waals surface area contributed by atoms with Gasteiger partial charge in [0.2, 0.25) is 5.91 Å². The molecule has 0 saturated carbocycles. The van der Waals surface area contributed by atoms with Crippen molar-refractivity contribution in [2.24, 2.45) is 5.92 Å². The summed E-state index contributed by atoms with van der Waals surface area (Å²) in [7, 11) is 0. The minimum atomic E-state index is -0.322. The molecule has 1 N–H and O–H groups in total. The molecule has 10 heteroatoms. The fourth-order valence-corrected chi connectivity index (χ4v) is 6.42. The smallest absolute Gasteiger partial charge is 0.311 e. The lowest BCUT2D eigenvalue weighted by atomic mass is 9.89. The van der Waals surface area contributed by atoms with Crippen molar-refractivity contribution in [2.45, 2.75) is 44.6 Å². The minimum absolute atomic E-state index is 0.107. The molecule has 0 bridgehead atoms. The Morgan fingerprint density at radius 3 is 3.07 bits per heavy atom. The summed E-state index contributed by atoms with van der Waals surface area (Å²) < 4.78 is 4.92. The van der Waals surface area contributed by atoms with Crippen LogP contribution in [0, 0.1) is 5.92 Å². The lowest BCUT2D eigenvalue weighted by molar-refractivity contribution is -0.142. The van der Waals surface area contributed by atoms with Crippen molar-refractivity contribution < 1.29 is 14.3 Å². The number of anilines is 1. The molecule has 1 amide bonds. The Hall–Kier alpha value is -2.04. The third kappa shape index (κ3) is 4.81. The highest BCUT2D eigenvalue weighted by Crippen LogP contribution is 2.40. The van der Waals surface area contributed by atoms with Gasteiger partial charge in [-0.2, -0.15) is 0 Å². The van der Waals surface area contributed by atoms with Crippen molar-refractivity contribution in [2.75, 3.05) is 17.7 Å². The molecule has 0 radical (unpaired) electrons. The van der Waals surface area contributed by atoms with Gasteiger partial charge in [-0.3, -0.25) is 9.59 Å². The Bertz CT molecular complexity index is 1080. The van der Waals surface area contributed by atoms with E-state index < -0.39 is 0 Å². The Labute approximate surface area is 186 Å². The minimum Gasteiger partial charge on any atom is -0.466 e. The number of thiophene rings is 1. The average molecular weight is 463 g/mol. The van der Waals surface area contributed by atoms with Gasteiger partial charge in [-0.25, -0.2) is 15.0 Å². The van der Waals surface area contributed by atoms with Gasteiger partial charge in [0.05, 0.1) is 24.5 Å². The van der Waals surface area contributed by atoms with Crippen LogP contribution in [-0.2, 0) is 33.6 Å². The zero-order valence-electron chi connectivity index (χ0n) is 16.8. The monoisotopic (exact) mass is 462 g/mol. The van der Waals surface area contributed by atoms with Crippen molar-refractivity contribution in [1.29, 1.82) is 0 Å². The number of aryl methyl sites for hydroxylation is 1. The Balaban J connectivity index is 1.39. The number of rotatable bonds is 7. The predicted octanol–water partition coefficient (Wildman–Crippen LogP) is 4.11. The maximum Gasteiger partial charge on any atom is 0.311 e. The van der Waals surface area contributed by atoms with E-state index in [1.54, 1.807) is 30.0 Å². The van der Waals surface area contributed by atoms with Crippen LogP contribution in [0.2, 0.25) is 0 Å². The van der Waals surface area contributed by atoms with Gasteiger partial charge in [-0.1, -0.05) is 18.7 Å². The van der Waals surface area contributed by atoms with Crippen molar-refractivity contribution in [3.63, 3.8) is 0 Å². The van der Waals surface area contributed by atoms with Crippen LogP contribution in [-0.4, -0.2) is 39.2 Å². The number of thiazole rings is 1. The molecule has 1 atom stereocenters. The third-order valence-corrected chi connectivity index (χ3v) is 7.78. The molecular weight excluding hydrogens is 440 g/mol. The number of amides is 1. The maximum absolute atomic E-state index is 12.4. The number of nitrogens with one attached hydrogen (secondary N) is 1. The molecule has 0 fully saturated rings. The molecule has 4 rings (SSSR count). The van der Waals surface area contributed by atoms with Crippen molar-refractivity contribution >= 4 is 61.7 Å². The van der Waals surface area contributed by atoms with E-state index in [9.17, 15) is 9.59 Å². The predicted molar refractivity (Wildman–Crippen MR) is 120 cm³/mol. The number of hydrogen-bond donors (Lipinski definition) is 1. The fraction of sp³-hybridized carbons (Fsp3) is 0.450. The highest BCUT2D eigenvalue weighted by molar-refractivity contribution is 8.00. The van der Waals surface area contributed by atoms with E-state index in [1.165, 1.54) is 40.0 Å². The second-order valence-electron chi connectivity index (χ2n) is 7.17. The van der Waals surface area contributed by atoms with Gasteiger partial charge in [-0.15, -0.1) is 22.7 Å². The number of ether oxygens (including phenoxy) is 1. The van der Waals surface area contributed by atoms with E-state index in [4.69, 9.17) is 4.74 Å². The molecule has 1 aliphatic rings. The molecule has 3 aromatic heterocycles. The molecule has 158 valence electrons. The summed E-state index contributed by atoms with van der Waals surface area (Å²) in [6.45, 7) is 4.39. The standard InChI is InChI=1S/C20H22N4O3S3/c1-3-27-16(26)7-12-8-29-20(23-12)24-15(25)9-28-18-17-13-5-4-11(2)6-14(13)30-19(17)22-10-21-18/h8,10-11H,3-7,9H2,1-2H3,(H,23,24,25). The Morgan fingerprint density at radius 2 is 2.23 bits per heavy atom. The highest BCUT2D eigenvalue weighted by Gasteiger charge is 2.23. The SMILES string of the molecule is CCOC(=O)Cc1csc(NC(=O)CSc2ncnc3sc4c(c23)CCC(C)C4)n1. The van der Waals surface area contributed by atoms with Crippen LogP contribution in [0.15, 0.2) is 16.7 Å². The lowest BCUT2D eigenvalue weighted by Crippen LogP contribution is -2.14. The first-order chi connectivity index (χ1) is 14.5. The van der Waals surface area contributed by atoms with Gasteiger partial charge < -0.3 is 10.1 Å². The summed E-state index contributed by atoms with van der Waals surface area (Å²) in [6.07, 6.45) is 5.01. The highest BCUT2D eigenvalue weighted by atomic mass is 32.2. The number of thioether (sulfide) groups is 1. The van der Waals surface area contributed by atoms with E-state index in [1.807, 2.05) is 0 Å². The van der Waals surface area contributed by atoms with E-state index in [-0.39, 0.29) is 24.1 Å². The molecule has 3 aromatic rings. The number of nitrogens with zero attached hydrogens (tertiary/aromatic N) is 3. The molecule has 1 aliphatic carbocycles. The molecule has 0 saturated heterocycles. The summed E-state index contributed by atoms with van der Waals surface area (Å²) in [5.41, 5.74) is 1.96. The number of carbonyl (C=O) groups is 2. The number of fused-ring (bicyclic) bond motifs is 3. The number of carbonyl (C=O) groups excluding carboxylic acids is 2. The Morgan fingerprint density at radius 1 is 1.37 bits per heavy atom. The second kappa shape index (κ2) is 9.40. The first kappa shape index (κ1) is 21.2. The number of esters is 1. The van der Waals surface area contributed by atoms with Gasteiger partial charge in [0.25, 0.3) is 0 Å². The largest absolute Gasteiger partial charge is 0.466 e. The summed E-state index contributed by atoms with van der Waals surface area (Å²) in [6, 6.07) is 0. The van der Waals surface area contributed by atoms with Crippen LogP contribution in [0.4, 0.5) is 5.13 Å². The lowest BCUT2D eigenvalue weighted by Gasteiger charge is -2.18. The van der Waals surface area contributed by atoms with Gasteiger partial charge in [0.1, 0.15) is 16.2 Å². The molecule has 7 nitrogen and oxygen atoms in total. The van der Waals surface area contributed by atoms with Crippen molar-refractivity contribution in [3.8, 4) is 0 Å². The normalized spacial score (nSPS) is 15.7. The van der Waals surface area contributed by atoms with E-state index in [0.717, 1.165) is 28.1 Å². The van der Waals surface area contributed by atoms with E-state index in [2.05, 4.69) is 27.2 Å². The summed E-state index contributed by atoms with van der Waals surface area (Å²) in [5.74, 6) is 0.464. The van der Waals surface area contributed by atoms with E-state index in [0.29, 0.717) is 23.4 Å². The van der Waals surface area contributed by atoms with Crippen molar-refractivity contribution in [3.05, 3.63) is 27.8 Å². The van der Waals surface area contributed by atoms with Gasteiger partial charge in [0.15, 0.2) is 5.13 Å². The first-order valence-corrected chi connectivity index (χ1v) is 12.5. The number of hydrogen-bond acceptors (Lipinski definition) is 9. The topological polar surface area (TPSA) is 94.1 Å². The zero-order valence-corrected chi connectivity index (χ0v) is 19.2. The maximum atomic E-state index is 12.4. The molecular formula is C20H22N4O3S3. The third-order valence-electron chi connectivity index (χ3n) is 4.83. The van der Waals surface area contributed by atoms with Crippen LogP contribution >= 0.6 is 34.4 Å². The fourth-order valence-electron chi connectivity index (χ4n) is 3.45. The first-order valence-electron chi connectivity index (χ1n) is 9.81. The molecule has 3 heterocycles. The van der Waals surface area contributed by atoms with Gasteiger partial charge in [-0.05, 0) is 37.7 Å². The van der Waals surface area contributed by atoms with Crippen LogP contribution in [0.3, 0.4) is 0 Å². The van der Waals surface area contributed by atoms with Crippen molar-refractivity contribution in [1.82, 2.24) is 15.0 Å². The van der Waals surface area contributed by atoms with Crippen LogP contribution < -0.4 is 5.32 Å². The molecule has 0 aromatic carbocycles. The molecule has 30 heavy (non-hydrogen) atoms. The summed E-state index contributed by atoms with van der Waals surface area (Å²) in [5, 5.41) is 7.02.